The molecule has 1 N–H and O–H groups in total. The number of ether oxygens (including phenoxy) is 4. The average molecular weight is 1670 g/mol. The number of nitrogens with one attached hydrogen (secondary N) is 1. The molecule has 25 heteroatoms. The number of nitrogens with zero attached hydrogens (tertiary/aromatic N) is 12. The Morgan fingerprint density at radius 1 is 0.358 bits per heavy atom. The Labute approximate surface area is 718 Å². The predicted octanol–water partition coefficient (Wildman–Crippen LogP) is 17.2. The molecule has 1 atom stereocenters. The second kappa shape index (κ2) is 44.6. The normalized spacial score (nSPS) is 23.5. The van der Waals surface area contributed by atoms with E-state index in [1.165, 1.54) is 16.7 Å². The minimum atomic E-state index is -0.473. The first kappa shape index (κ1) is 95.5. The fourth-order valence-electron chi connectivity index (χ4n) is 18.8. The molecular weight excluding hydrogens is 1520 g/mol. The van der Waals surface area contributed by atoms with Crippen LogP contribution in [0.1, 0.15) is 277 Å². The molecule has 4 aromatic heterocycles. The van der Waals surface area contributed by atoms with E-state index in [0.29, 0.717) is 97.2 Å². The van der Waals surface area contributed by atoms with E-state index in [2.05, 4.69) is 80.9 Å². The van der Waals surface area contributed by atoms with Gasteiger partial charge in [0, 0.05) is 191 Å². The van der Waals surface area contributed by atoms with Gasteiger partial charge in [0.25, 0.3) is 0 Å². The van der Waals surface area contributed by atoms with E-state index in [4.69, 9.17) is 18.9 Å². The zero-order chi connectivity index (χ0) is 87.1. The van der Waals surface area contributed by atoms with E-state index in [1.54, 1.807) is 54.0 Å². The maximum absolute atomic E-state index is 13.1. The number of H-pyrrole nitrogens is 1. The molecule has 0 bridgehead atoms. The summed E-state index contributed by atoms with van der Waals surface area (Å²) in [5.74, 6) is 6.79. The van der Waals surface area contributed by atoms with Crippen molar-refractivity contribution in [1.29, 1.82) is 0 Å². The molecule has 4 aromatic rings. The van der Waals surface area contributed by atoms with Crippen molar-refractivity contribution in [2.75, 3.05) is 107 Å². The molecule has 25 nitrogen and oxygen atoms in total. The average Bonchev–Trinajstić information content (AvgIpc) is 1.24. The molecule has 666 valence electrons. The summed E-state index contributed by atoms with van der Waals surface area (Å²) in [4.78, 5) is 136. The van der Waals surface area contributed by atoms with Gasteiger partial charge in [-0.15, -0.1) is 0 Å². The quantitative estimate of drug-likeness (QED) is 0.0963. The van der Waals surface area contributed by atoms with Gasteiger partial charge < -0.3 is 63.1 Å². The first-order valence-electron chi connectivity index (χ1n) is 45.4. The SMILES string of the molecule is CN(CC1CCC(C(=O)N2CCC(Cc3ccncc3)CC2)CC1)C(=O)OC(C)(C)C.CN(CC1CCC(C(=O)N2CCC(c3ccncc3)C2)CC1)C(=O)OC(C)(C)C.CN(CC1CCC(C(=O)N2CCC(c3ncc[nH]3)CC2)CC1)C(=O)OC(C)(C)C.Cc1cc(C2CCN(C(=O)C3CCC(CN(C)C(=O)OC(C)(C)C)CC3)CC2)ccn1. The summed E-state index contributed by atoms with van der Waals surface area (Å²) in [5.41, 5.74) is 3.15. The number of likely N-dealkylation sites (tertiary alicyclic amines) is 4. The lowest BCUT2D eigenvalue weighted by Crippen LogP contribution is -2.43. The third-order valence-corrected chi connectivity index (χ3v) is 25.5. The van der Waals surface area contributed by atoms with E-state index in [-0.39, 0.29) is 48.0 Å². The van der Waals surface area contributed by atoms with Crippen LogP contribution in [0.5, 0.6) is 0 Å². The highest BCUT2D eigenvalue weighted by atomic mass is 16.6. The Morgan fingerprint density at radius 2 is 0.667 bits per heavy atom. The molecule has 1 unspecified atom stereocenters. The Hall–Kier alpha value is -8.38. The number of rotatable bonds is 17. The molecule has 0 radical (unpaired) electrons. The maximum atomic E-state index is 13.1. The van der Waals surface area contributed by atoms with Gasteiger partial charge in [-0.1, -0.05) is 0 Å². The summed E-state index contributed by atoms with van der Waals surface area (Å²) in [6, 6.07) is 12.6. The second-order valence-corrected chi connectivity index (χ2v) is 40.1. The fourth-order valence-corrected chi connectivity index (χ4v) is 18.8. The van der Waals surface area contributed by atoms with Gasteiger partial charge in [-0.3, -0.25) is 34.1 Å². The van der Waals surface area contributed by atoms with Crippen LogP contribution in [0.2, 0.25) is 0 Å². The summed E-state index contributed by atoms with van der Waals surface area (Å²) in [6.07, 6.45) is 35.5. The van der Waals surface area contributed by atoms with E-state index in [0.717, 1.165) is 218 Å². The molecule has 120 heavy (non-hydrogen) atoms. The lowest BCUT2D eigenvalue weighted by Gasteiger charge is -2.37. The summed E-state index contributed by atoms with van der Waals surface area (Å²) >= 11 is 0. The van der Waals surface area contributed by atoms with E-state index >= 15 is 0 Å². The third-order valence-electron chi connectivity index (χ3n) is 25.5. The minimum Gasteiger partial charge on any atom is -0.444 e. The van der Waals surface area contributed by atoms with Crippen molar-refractivity contribution in [3.63, 3.8) is 0 Å². The van der Waals surface area contributed by atoms with Crippen LogP contribution in [0, 0.1) is 60.2 Å². The summed E-state index contributed by atoms with van der Waals surface area (Å²) in [5, 5.41) is 0. The number of piperidine rings is 3. The largest absolute Gasteiger partial charge is 0.444 e. The molecule has 4 saturated carbocycles. The molecule has 8 fully saturated rings. The second-order valence-electron chi connectivity index (χ2n) is 40.1. The molecular formula is C95H149N13O12. The number of hydrogen-bond donors (Lipinski definition) is 1. The summed E-state index contributed by atoms with van der Waals surface area (Å²) < 4.78 is 21.8. The van der Waals surface area contributed by atoms with Gasteiger partial charge in [0.05, 0.1) is 0 Å². The molecule has 4 aliphatic carbocycles. The van der Waals surface area contributed by atoms with Gasteiger partial charge in [0.2, 0.25) is 23.6 Å². The first-order valence-corrected chi connectivity index (χ1v) is 45.4. The van der Waals surface area contributed by atoms with Crippen LogP contribution in [-0.4, -0.2) is 241 Å². The highest BCUT2D eigenvalue weighted by Crippen LogP contribution is 2.39. The molecule has 0 spiro atoms. The van der Waals surface area contributed by atoms with E-state index < -0.39 is 22.4 Å². The van der Waals surface area contributed by atoms with Gasteiger partial charge in [-0.05, 0) is 333 Å². The summed E-state index contributed by atoms with van der Waals surface area (Å²) in [6.45, 7) is 34.2. The predicted molar refractivity (Wildman–Crippen MR) is 467 cm³/mol. The van der Waals surface area contributed by atoms with Crippen LogP contribution in [-0.2, 0) is 44.5 Å². The number of carbonyl (C=O) groups is 8. The van der Waals surface area contributed by atoms with E-state index in [1.807, 2.05) is 127 Å². The molecule has 4 saturated heterocycles. The molecule has 8 amide bonds. The molecule has 4 aliphatic heterocycles. The minimum absolute atomic E-state index is 0.134. The number of carbonyl (C=O) groups excluding carboxylic acids is 8. The lowest BCUT2D eigenvalue weighted by atomic mass is 9.80. The van der Waals surface area contributed by atoms with Gasteiger partial charge >= 0.3 is 24.4 Å². The van der Waals surface area contributed by atoms with Crippen LogP contribution in [0.25, 0.3) is 0 Å². The number of aromatic nitrogens is 5. The number of imidazole rings is 1. The first-order chi connectivity index (χ1) is 56.8. The zero-order valence-corrected chi connectivity index (χ0v) is 76.2. The summed E-state index contributed by atoms with van der Waals surface area (Å²) in [7, 11) is 7.21. The molecule has 8 heterocycles. The van der Waals surface area contributed by atoms with Crippen molar-refractivity contribution in [2.45, 2.75) is 284 Å². The Kier molecular flexibility index (Phi) is 35.5. The highest BCUT2D eigenvalue weighted by molar-refractivity contribution is 5.81. The Morgan fingerprint density at radius 3 is 1.00 bits per heavy atom. The molecule has 8 aliphatic rings. The van der Waals surface area contributed by atoms with Gasteiger partial charge in [0.15, 0.2) is 0 Å². The number of aryl methyl sites for hydroxylation is 1. The number of aromatic amines is 1. The van der Waals surface area contributed by atoms with Crippen molar-refractivity contribution >= 4 is 48.0 Å². The van der Waals surface area contributed by atoms with Crippen LogP contribution in [0.4, 0.5) is 19.2 Å². The number of hydrogen-bond acceptors (Lipinski definition) is 16. The molecule has 12 rings (SSSR count). The van der Waals surface area contributed by atoms with Gasteiger partial charge in [-0.2, -0.15) is 0 Å². The lowest BCUT2D eigenvalue weighted by molar-refractivity contribution is -0.139. The van der Waals surface area contributed by atoms with Crippen molar-refractivity contribution in [1.82, 2.24) is 64.1 Å². The van der Waals surface area contributed by atoms with E-state index in [9.17, 15) is 38.4 Å². The van der Waals surface area contributed by atoms with Crippen molar-refractivity contribution in [3.8, 4) is 0 Å². The molecule has 0 aromatic carbocycles. The third kappa shape index (κ3) is 31.2. The number of amides is 8. The number of pyridine rings is 3. The highest BCUT2D eigenvalue weighted by Gasteiger charge is 2.40. The zero-order valence-electron chi connectivity index (χ0n) is 76.2. The van der Waals surface area contributed by atoms with Crippen LogP contribution in [0.3, 0.4) is 0 Å². The van der Waals surface area contributed by atoms with Crippen molar-refractivity contribution in [3.05, 3.63) is 108 Å². The van der Waals surface area contributed by atoms with Crippen molar-refractivity contribution in [2.24, 2.45) is 53.3 Å². The smallest absolute Gasteiger partial charge is 0.410 e. The van der Waals surface area contributed by atoms with Gasteiger partial charge in [-0.25, -0.2) is 24.2 Å². The Balaban J connectivity index is 0.000000182. The maximum Gasteiger partial charge on any atom is 0.410 e. The van der Waals surface area contributed by atoms with Crippen LogP contribution < -0.4 is 0 Å². The van der Waals surface area contributed by atoms with Gasteiger partial charge in [0.1, 0.15) is 28.2 Å². The van der Waals surface area contributed by atoms with Crippen molar-refractivity contribution < 1.29 is 57.3 Å². The monoisotopic (exact) mass is 1660 g/mol. The fraction of sp³-hybridized carbons (Fsp3) is 0.726. The Bertz CT molecular complexity index is 3820. The standard InChI is InChI=1S/2C25H39N3O3.C23H35N3O3.C22H36N4O3/c1-18-16-22(10-13-26-18)20-11-14-28(15-12-20)23(29)21-8-6-19(7-9-21)17-27(5)24(30)31-25(2,3)4;1-25(2,3)31-24(30)27(4)18-21-5-7-22(8-6-21)23(29)28-15-11-20(12-16-28)17-19-9-13-26-14-10-19;1-23(2,3)29-22(28)25(4)15-17-5-7-19(8-6-17)21(27)26-14-11-20(16-26)18-9-12-24-13-10-18;1-22(2,3)29-21(28)25(4)15-16-5-7-18(8-6-16)20(27)26-13-9-17(10-14-26)19-23-11-12-24-19/h10,13,16,19-21H,6-9,11-12,14-15,17H2,1-5H3;9-10,13-14,20-22H,5-8,11-12,15-18H2,1-4H3;9-10,12-13,17,19-20H,5-8,11,14-16H2,1-4H3;11-12,16-18H,5-10,13-15H2,1-4H3,(H,23,24). The van der Waals surface area contributed by atoms with Crippen LogP contribution in [0.15, 0.2) is 79.8 Å². The topological polar surface area (TPSA) is 267 Å². The van der Waals surface area contributed by atoms with Crippen LogP contribution >= 0.6 is 0 Å².